The van der Waals surface area contributed by atoms with Crippen LogP contribution in [0.3, 0.4) is 0 Å². The number of aryl methyl sites for hydroxylation is 2. The fraction of sp³-hybridized carbons (Fsp3) is 0.190. The van der Waals surface area contributed by atoms with Crippen LogP contribution >= 0.6 is 11.3 Å². The number of halogens is 2. The lowest BCUT2D eigenvalue weighted by atomic mass is 10.0. The van der Waals surface area contributed by atoms with Gasteiger partial charge < -0.3 is 0 Å². The van der Waals surface area contributed by atoms with Gasteiger partial charge in [0.1, 0.15) is 17.2 Å². The van der Waals surface area contributed by atoms with Crippen molar-refractivity contribution in [3.63, 3.8) is 0 Å². The lowest BCUT2D eigenvalue weighted by molar-refractivity contribution is 0.101. The van der Waals surface area contributed by atoms with Crippen LogP contribution in [0, 0.1) is 11.6 Å². The Morgan fingerprint density at radius 2 is 2.03 bits per heavy atom. The summed E-state index contributed by atoms with van der Waals surface area (Å²) in [7, 11) is 1.87. The van der Waals surface area contributed by atoms with E-state index in [2.05, 4.69) is 32.5 Å². The molecule has 0 unspecified atom stereocenters. The molecule has 7 nitrogen and oxygen atoms in total. The molecule has 0 spiro atoms. The van der Waals surface area contributed by atoms with Crippen molar-refractivity contribution in [1.82, 2.24) is 21.1 Å². The number of carbonyl (C=O) groups is 1. The summed E-state index contributed by atoms with van der Waals surface area (Å²) in [6, 6.07) is 9.47. The van der Waals surface area contributed by atoms with Gasteiger partial charge in [0.05, 0.1) is 10.6 Å². The lowest BCUT2D eigenvalue weighted by Gasteiger charge is -2.14. The Bertz CT molecular complexity index is 1210. The molecular formula is C21H20F2N6OS. The summed E-state index contributed by atoms with van der Waals surface area (Å²) < 4.78 is 27.9. The van der Waals surface area contributed by atoms with Gasteiger partial charge in [0.25, 0.3) is 5.91 Å². The summed E-state index contributed by atoms with van der Waals surface area (Å²) in [5.41, 5.74) is 9.09. The average molecular weight is 442 g/mol. The summed E-state index contributed by atoms with van der Waals surface area (Å²) in [6.07, 6.45) is 2.55. The molecule has 2 aliphatic rings. The van der Waals surface area contributed by atoms with Crippen molar-refractivity contribution in [2.24, 2.45) is 5.10 Å². The van der Waals surface area contributed by atoms with Crippen LogP contribution in [0.5, 0.6) is 0 Å². The third-order valence-corrected chi connectivity index (χ3v) is 6.32. The summed E-state index contributed by atoms with van der Waals surface area (Å²) >= 11 is 1.31. The molecule has 0 atom stereocenters. The topological polar surface area (TPSA) is 81.7 Å². The van der Waals surface area contributed by atoms with Gasteiger partial charge in [-0.05, 0) is 48.6 Å². The number of hydrogen-bond acceptors (Lipinski definition) is 7. The Hall–Kier alpha value is -3.37. The number of thiazole rings is 1. The zero-order valence-corrected chi connectivity index (χ0v) is 17.3. The molecule has 1 aliphatic heterocycles. The van der Waals surface area contributed by atoms with Crippen LogP contribution in [-0.4, -0.2) is 28.8 Å². The smallest absolute Gasteiger partial charge is 0.263 e. The monoisotopic (exact) mass is 442 g/mol. The minimum Gasteiger partial charge on any atom is -0.298 e. The van der Waals surface area contributed by atoms with Crippen molar-refractivity contribution < 1.29 is 15.0 Å². The predicted octanol–water partition coefficient (Wildman–Crippen LogP) is 3.69. The minimum absolute atomic E-state index is 0. The van der Waals surface area contributed by atoms with E-state index in [1.165, 1.54) is 23.0 Å². The number of hydrogen-bond donors (Lipinski definition) is 3. The van der Waals surface area contributed by atoms with Gasteiger partial charge in [0.2, 0.25) is 0 Å². The van der Waals surface area contributed by atoms with Crippen molar-refractivity contribution in [2.45, 2.75) is 19.3 Å². The third kappa shape index (κ3) is 3.53. The maximum Gasteiger partial charge on any atom is 0.263 e. The molecule has 3 N–H and O–H groups in total. The number of nitrogens with one attached hydrogen (secondary N) is 3. The standard InChI is InChI=1S/C21H18F2N6OS.H2/c1-29-19(26-27-28-29)12-8-9-13-11(10-12)4-2-7-16-18(13)31-21(24-16)25-20(30)17-14(22)5-3-6-15(17)23;/h3,5-6,8-10,27-28H,2,4,7H2,1H3,(H,24,25,30);1H. The van der Waals surface area contributed by atoms with Crippen LogP contribution in [-0.2, 0) is 12.8 Å². The molecule has 160 valence electrons. The molecule has 31 heavy (non-hydrogen) atoms. The molecular weight excluding hydrogens is 422 g/mol. The molecule has 1 amide bonds. The minimum atomic E-state index is -0.905. The number of amidine groups is 1. The lowest BCUT2D eigenvalue weighted by Crippen LogP contribution is -2.37. The number of hydrazine groups is 2. The molecule has 2 aromatic carbocycles. The van der Waals surface area contributed by atoms with E-state index in [0.29, 0.717) is 5.13 Å². The van der Waals surface area contributed by atoms with Gasteiger partial charge in [-0.3, -0.25) is 15.1 Å². The second-order valence-electron chi connectivity index (χ2n) is 7.29. The van der Waals surface area contributed by atoms with Crippen LogP contribution < -0.4 is 16.4 Å². The highest BCUT2D eigenvalue weighted by atomic mass is 32.1. The molecule has 5 rings (SSSR count). The Morgan fingerprint density at radius 1 is 1.23 bits per heavy atom. The van der Waals surface area contributed by atoms with Crippen LogP contribution in [0.15, 0.2) is 41.5 Å². The first-order chi connectivity index (χ1) is 15.0. The predicted molar refractivity (Wildman–Crippen MR) is 117 cm³/mol. The molecule has 0 saturated heterocycles. The number of benzene rings is 2. The van der Waals surface area contributed by atoms with Crippen LogP contribution in [0.4, 0.5) is 13.9 Å². The SMILES string of the molecule is CN1NNN=C1c1ccc2c(c1)CCCc1nc(NC(=O)c3c(F)cccc3F)sc1-2.[HH]. The van der Waals surface area contributed by atoms with E-state index in [1.807, 2.05) is 19.2 Å². The molecule has 1 aromatic heterocycles. The van der Waals surface area contributed by atoms with Gasteiger partial charge in [0.15, 0.2) is 11.0 Å². The number of fused-ring (bicyclic) bond motifs is 3. The van der Waals surface area contributed by atoms with Gasteiger partial charge in [-0.15, -0.1) is 10.6 Å². The maximum atomic E-state index is 13.9. The summed E-state index contributed by atoms with van der Waals surface area (Å²) in [6.45, 7) is 0. The molecule has 0 bridgehead atoms. The number of carbonyl (C=O) groups excluding carboxylic acids is 1. The van der Waals surface area contributed by atoms with Crippen molar-refractivity contribution in [3.05, 3.63) is 70.4 Å². The number of anilines is 1. The highest BCUT2D eigenvalue weighted by molar-refractivity contribution is 7.19. The average Bonchev–Trinajstić information content (AvgIpc) is 3.30. The van der Waals surface area contributed by atoms with Gasteiger partial charge >= 0.3 is 0 Å². The second kappa shape index (κ2) is 7.71. The van der Waals surface area contributed by atoms with Crippen molar-refractivity contribution >= 4 is 28.2 Å². The molecule has 0 radical (unpaired) electrons. The number of amides is 1. The zero-order chi connectivity index (χ0) is 21.5. The Balaban J connectivity index is 0.00000245. The van der Waals surface area contributed by atoms with E-state index in [9.17, 15) is 13.6 Å². The number of hydrazone groups is 1. The number of rotatable bonds is 3. The Morgan fingerprint density at radius 3 is 2.77 bits per heavy atom. The molecule has 3 aromatic rings. The fourth-order valence-corrected chi connectivity index (χ4v) is 4.87. The molecule has 10 heteroatoms. The summed E-state index contributed by atoms with van der Waals surface area (Å²) in [5.74, 6) is -1.87. The van der Waals surface area contributed by atoms with Crippen LogP contribution in [0.25, 0.3) is 10.4 Å². The van der Waals surface area contributed by atoms with Gasteiger partial charge in [0, 0.05) is 14.0 Å². The normalized spacial score (nSPS) is 14.9. The number of nitrogens with zero attached hydrogens (tertiary/aromatic N) is 3. The van der Waals surface area contributed by atoms with E-state index in [0.717, 1.165) is 58.9 Å². The molecule has 1 aliphatic carbocycles. The summed E-state index contributed by atoms with van der Waals surface area (Å²) in [4.78, 5) is 17.9. The first-order valence-corrected chi connectivity index (χ1v) is 10.5. The Labute approximate surface area is 182 Å². The van der Waals surface area contributed by atoms with Crippen molar-refractivity contribution in [2.75, 3.05) is 12.4 Å². The quantitative estimate of drug-likeness (QED) is 0.576. The van der Waals surface area contributed by atoms with E-state index >= 15 is 0 Å². The molecule has 0 fully saturated rings. The van der Waals surface area contributed by atoms with E-state index < -0.39 is 23.1 Å². The largest absolute Gasteiger partial charge is 0.298 e. The van der Waals surface area contributed by atoms with Crippen LogP contribution in [0.2, 0.25) is 0 Å². The molecule has 0 saturated carbocycles. The second-order valence-corrected chi connectivity index (χ2v) is 8.29. The zero-order valence-electron chi connectivity index (χ0n) is 16.5. The van der Waals surface area contributed by atoms with Gasteiger partial charge in [-0.1, -0.05) is 29.5 Å². The van der Waals surface area contributed by atoms with E-state index in [4.69, 9.17) is 0 Å². The van der Waals surface area contributed by atoms with Crippen molar-refractivity contribution in [1.29, 1.82) is 0 Å². The third-order valence-electron chi connectivity index (χ3n) is 5.27. The first kappa shape index (κ1) is 19.6. The Kier molecular flexibility index (Phi) is 4.87. The number of aromatic nitrogens is 1. The van der Waals surface area contributed by atoms with E-state index in [-0.39, 0.29) is 1.43 Å². The van der Waals surface area contributed by atoms with E-state index in [1.54, 1.807) is 5.01 Å². The van der Waals surface area contributed by atoms with Gasteiger partial charge in [-0.2, -0.15) is 0 Å². The van der Waals surface area contributed by atoms with Gasteiger partial charge in [-0.25, -0.2) is 19.3 Å². The van der Waals surface area contributed by atoms with Crippen molar-refractivity contribution in [3.8, 4) is 10.4 Å². The van der Waals surface area contributed by atoms with Crippen LogP contribution in [0.1, 0.15) is 35.0 Å². The first-order valence-electron chi connectivity index (χ1n) is 9.72. The summed E-state index contributed by atoms with van der Waals surface area (Å²) in [5, 5.41) is 8.92. The maximum absolute atomic E-state index is 13.9. The highest BCUT2D eigenvalue weighted by Crippen LogP contribution is 2.39. The molecule has 2 heterocycles. The highest BCUT2D eigenvalue weighted by Gasteiger charge is 2.24. The fourth-order valence-electron chi connectivity index (χ4n) is 3.81.